The number of methoxy groups -OCH3 is 1. The first-order valence-electron chi connectivity index (χ1n) is 3.97. The second-order valence-corrected chi connectivity index (χ2v) is 2.72. The molecule has 0 bridgehead atoms. The summed E-state index contributed by atoms with van der Waals surface area (Å²) in [7, 11) is 1.01. The maximum Gasteiger partial charge on any atom is 0.341 e. The lowest BCUT2D eigenvalue weighted by Crippen LogP contribution is -2.07. The maximum absolute atomic E-state index is 13.4. The third-order valence-electron chi connectivity index (χ3n) is 1.79. The highest BCUT2D eigenvalue weighted by Gasteiger charge is 2.21. The Kier molecular flexibility index (Phi) is 3.15. The number of carbonyl (C=O) groups excluding carboxylic acids is 1. The molecule has 0 aliphatic heterocycles. The molecule has 0 heterocycles. The number of carbonyl (C=O) groups is 1. The van der Waals surface area contributed by atoms with E-state index in [2.05, 4.69) is 4.74 Å². The number of esters is 1. The molecule has 0 N–H and O–H groups in total. The molecular weight excluding hydrogens is 219 g/mol. The quantitative estimate of drug-likeness (QED) is 0.430. The Morgan fingerprint density at radius 1 is 1.62 bits per heavy atom. The van der Waals surface area contributed by atoms with Gasteiger partial charge in [0.05, 0.1) is 17.6 Å². The van der Waals surface area contributed by atoms with E-state index in [9.17, 15) is 19.3 Å². The van der Waals surface area contributed by atoms with Crippen LogP contribution in [-0.2, 0) is 4.74 Å². The number of hydrogen-bond donors (Lipinski definition) is 0. The Morgan fingerprint density at radius 2 is 2.25 bits per heavy atom. The van der Waals surface area contributed by atoms with Gasteiger partial charge in [-0.05, 0) is 0 Å². The number of benzene rings is 1. The standard InChI is InChI=1S/C9H5FN2O4/c1-16-9(13)7-3-6(12(14)15)2-5(4-11)8(7)10/h2-3H,1H3. The van der Waals surface area contributed by atoms with Gasteiger partial charge in [0, 0.05) is 12.1 Å². The van der Waals surface area contributed by atoms with Crippen LogP contribution in [0, 0.1) is 27.3 Å². The summed E-state index contributed by atoms with van der Waals surface area (Å²) in [4.78, 5) is 20.7. The fourth-order valence-electron chi connectivity index (χ4n) is 1.05. The molecule has 6 nitrogen and oxygen atoms in total. The summed E-state index contributed by atoms with van der Waals surface area (Å²) in [6.07, 6.45) is 0. The van der Waals surface area contributed by atoms with Crippen molar-refractivity contribution in [3.63, 3.8) is 0 Å². The van der Waals surface area contributed by atoms with E-state index in [1.165, 1.54) is 6.07 Å². The van der Waals surface area contributed by atoms with Gasteiger partial charge in [-0.1, -0.05) is 0 Å². The largest absolute Gasteiger partial charge is 0.465 e. The van der Waals surface area contributed by atoms with Crippen LogP contribution >= 0.6 is 0 Å². The fraction of sp³-hybridized carbons (Fsp3) is 0.111. The SMILES string of the molecule is COC(=O)c1cc([N+](=O)[O-])cc(C#N)c1F. The van der Waals surface area contributed by atoms with Crippen LogP contribution in [0.5, 0.6) is 0 Å². The van der Waals surface area contributed by atoms with Crippen molar-refractivity contribution in [1.82, 2.24) is 0 Å². The Balaban J connectivity index is 3.49. The van der Waals surface area contributed by atoms with Crippen LogP contribution in [-0.4, -0.2) is 18.0 Å². The van der Waals surface area contributed by atoms with Crippen molar-refractivity contribution < 1.29 is 18.8 Å². The van der Waals surface area contributed by atoms with Gasteiger partial charge in [-0.15, -0.1) is 0 Å². The highest BCUT2D eigenvalue weighted by atomic mass is 19.1. The molecule has 0 fully saturated rings. The lowest BCUT2D eigenvalue weighted by atomic mass is 10.1. The van der Waals surface area contributed by atoms with Gasteiger partial charge in [0.15, 0.2) is 5.82 Å². The Labute approximate surface area is 89.0 Å². The fourth-order valence-corrected chi connectivity index (χ4v) is 1.05. The smallest absolute Gasteiger partial charge is 0.341 e. The van der Waals surface area contributed by atoms with Crippen molar-refractivity contribution >= 4 is 11.7 Å². The van der Waals surface area contributed by atoms with Crippen LogP contribution in [0.4, 0.5) is 10.1 Å². The van der Waals surface area contributed by atoms with E-state index in [4.69, 9.17) is 5.26 Å². The molecule has 0 atom stereocenters. The van der Waals surface area contributed by atoms with Crippen LogP contribution in [0.3, 0.4) is 0 Å². The van der Waals surface area contributed by atoms with E-state index in [1.807, 2.05) is 0 Å². The summed E-state index contributed by atoms with van der Waals surface area (Å²) < 4.78 is 17.6. The van der Waals surface area contributed by atoms with Gasteiger partial charge in [-0.3, -0.25) is 10.1 Å². The van der Waals surface area contributed by atoms with Gasteiger partial charge < -0.3 is 4.74 Å². The number of nitro benzene ring substituents is 1. The molecule has 82 valence electrons. The molecule has 0 unspecified atom stereocenters. The molecular formula is C9H5FN2O4. The molecule has 0 amide bonds. The summed E-state index contributed by atoms with van der Waals surface area (Å²) >= 11 is 0. The van der Waals surface area contributed by atoms with Gasteiger partial charge in [0.25, 0.3) is 5.69 Å². The van der Waals surface area contributed by atoms with E-state index in [0.717, 1.165) is 19.2 Å². The summed E-state index contributed by atoms with van der Waals surface area (Å²) in [6.45, 7) is 0. The predicted octanol–water partition coefficient (Wildman–Crippen LogP) is 1.39. The number of non-ortho nitro benzene ring substituents is 1. The third kappa shape index (κ3) is 1.95. The second kappa shape index (κ2) is 4.35. The highest BCUT2D eigenvalue weighted by Crippen LogP contribution is 2.21. The van der Waals surface area contributed by atoms with Gasteiger partial charge in [-0.25, -0.2) is 9.18 Å². The summed E-state index contributed by atoms with van der Waals surface area (Å²) in [5.41, 5.74) is -1.75. The molecule has 1 aromatic rings. The summed E-state index contributed by atoms with van der Waals surface area (Å²) in [5, 5.41) is 19.0. The number of rotatable bonds is 2. The van der Waals surface area contributed by atoms with Gasteiger partial charge in [0.2, 0.25) is 0 Å². The number of halogens is 1. The normalized spacial score (nSPS) is 9.31. The zero-order valence-corrected chi connectivity index (χ0v) is 8.06. The minimum atomic E-state index is -1.13. The first kappa shape index (κ1) is 11.6. The van der Waals surface area contributed by atoms with Crippen molar-refractivity contribution in [3.05, 3.63) is 39.2 Å². The first-order valence-corrected chi connectivity index (χ1v) is 3.97. The molecule has 0 saturated carbocycles. The second-order valence-electron chi connectivity index (χ2n) is 2.72. The molecule has 0 aliphatic rings. The van der Waals surface area contributed by atoms with Crippen LogP contribution in [0.15, 0.2) is 12.1 Å². The zero-order valence-electron chi connectivity index (χ0n) is 8.06. The number of nitriles is 1. The van der Waals surface area contributed by atoms with Crippen molar-refractivity contribution in [2.75, 3.05) is 7.11 Å². The molecule has 0 radical (unpaired) electrons. The van der Waals surface area contributed by atoms with E-state index in [0.29, 0.717) is 0 Å². The van der Waals surface area contributed by atoms with Crippen molar-refractivity contribution in [2.45, 2.75) is 0 Å². The van der Waals surface area contributed by atoms with Gasteiger partial charge >= 0.3 is 5.97 Å². The molecule has 0 aromatic heterocycles. The van der Waals surface area contributed by atoms with E-state index in [-0.39, 0.29) is 0 Å². The first-order chi connectivity index (χ1) is 7.51. The third-order valence-corrected chi connectivity index (χ3v) is 1.79. The monoisotopic (exact) mass is 224 g/mol. The zero-order chi connectivity index (χ0) is 12.3. The van der Waals surface area contributed by atoms with Crippen molar-refractivity contribution in [3.8, 4) is 6.07 Å². The topological polar surface area (TPSA) is 93.2 Å². The average Bonchev–Trinajstić information content (AvgIpc) is 2.28. The Bertz CT molecular complexity index is 507. The number of hydrogen-bond acceptors (Lipinski definition) is 5. The summed E-state index contributed by atoms with van der Waals surface area (Å²) in [5.74, 6) is -2.20. The molecule has 16 heavy (non-hydrogen) atoms. The molecule has 1 aromatic carbocycles. The van der Waals surface area contributed by atoms with Crippen LogP contribution < -0.4 is 0 Å². The van der Waals surface area contributed by atoms with Gasteiger partial charge in [0.1, 0.15) is 11.6 Å². The van der Waals surface area contributed by atoms with Crippen LogP contribution in [0.25, 0.3) is 0 Å². The maximum atomic E-state index is 13.4. The van der Waals surface area contributed by atoms with Crippen LogP contribution in [0.2, 0.25) is 0 Å². The number of nitro groups is 1. The predicted molar refractivity (Wildman–Crippen MR) is 49.1 cm³/mol. The van der Waals surface area contributed by atoms with E-state index in [1.54, 1.807) is 0 Å². The molecule has 0 saturated heterocycles. The van der Waals surface area contributed by atoms with E-state index >= 15 is 0 Å². The molecule has 7 heteroatoms. The minimum Gasteiger partial charge on any atom is -0.465 e. The molecule has 0 spiro atoms. The number of ether oxygens (including phenoxy) is 1. The van der Waals surface area contributed by atoms with Crippen molar-refractivity contribution in [2.24, 2.45) is 0 Å². The Hall–Kier alpha value is -2.49. The highest BCUT2D eigenvalue weighted by molar-refractivity contribution is 5.91. The molecule has 1 rings (SSSR count). The minimum absolute atomic E-state index is 0.543. The summed E-state index contributed by atoms with van der Waals surface area (Å²) in [6, 6.07) is 2.90. The Morgan fingerprint density at radius 3 is 2.69 bits per heavy atom. The number of nitrogens with zero attached hydrogens (tertiary/aromatic N) is 2. The average molecular weight is 224 g/mol. The van der Waals surface area contributed by atoms with E-state index < -0.39 is 33.5 Å². The van der Waals surface area contributed by atoms with Crippen molar-refractivity contribution in [1.29, 1.82) is 5.26 Å². The lowest BCUT2D eigenvalue weighted by molar-refractivity contribution is -0.385. The van der Waals surface area contributed by atoms with Crippen LogP contribution in [0.1, 0.15) is 15.9 Å². The van der Waals surface area contributed by atoms with Gasteiger partial charge in [-0.2, -0.15) is 5.26 Å². The lowest BCUT2D eigenvalue weighted by Gasteiger charge is -2.02. The molecule has 0 aliphatic carbocycles.